The Balaban J connectivity index is 0. The summed E-state index contributed by atoms with van der Waals surface area (Å²) in [5.41, 5.74) is 10.4. The minimum Gasteiger partial charge on any atom is -0.330 e. The van der Waals surface area contributed by atoms with Crippen LogP contribution in [0.5, 0.6) is 0 Å². The molecule has 2 atom stereocenters. The van der Waals surface area contributed by atoms with Crippen molar-refractivity contribution < 1.29 is 8.42 Å². The molecule has 0 aliphatic rings. The number of hydrogen-bond acceptors (Lipinski definition) is 4. The van der Waals surface area contributed by atoms with E-state index in [0.717, 1.165) is 42.9 Å². The molecule has 0 rings (SSSR count). The van der Waals surface area contributed by atoms with Crippen molar-refractivity contribution in [2.45, 2.75) is 32.6 Å². The molecular weight excluding hydrogens is 256 g/mol. The third-order valence-electron chi connectivity index (χ3n) is 1.94. The summed E-state index contributed by atoms with van der Waals surface area (Å²) in [4.78, 5) is 0. The molecule has 0 bridgehead atoms. The fourth-order valence-electron chi connectivity index (χ4n) is 0.938. The molecule has 6 heteroatoms. The van der Waals surface area contributed by atoms with E-state index >= 15 is 0 Å². The minimum atomic E-state index is -0.645. The third kappa shape index (κ3) is 22.0. The first kappa shape index (κ1) is 19.6. The Bertz CT molecular complexity index is 192. The van der Waals surface area contributed by atoms with Crippen LogP contribution in [0.1, 0.15) is 32.6 Å². The SMILES string of the molecule is CCCCS(=O)CCCN.CS(=O)CCCN. The summed E-state index contributed by atoms with van der Waals surface area (Å²) in [5.74, 6) is 2.39. The van der Waals surface area contributed by atoms with Gasteiger partial charge in [0, 0.05) is 45.1 Å². The van der Waals surface area contributed by atoms with Gasteiger partial charge < -0.3 is 11.5 Å². The largest absolute Gasteiger partial charge is 0.330 e. The first-order chi connectivity index (χ1) is 8.08. The normalized spacial score (nSPS) is 13.6. The second kappa shape index (κ2) is 16.2. The second-order valence-corrected chi connectivity index (χ2v) is 7.01. The van der Waals surface area contributed by atoms with Gasteiger partial charge in [0.1, 0.15) is 0 Å². The fourth-order valence-corrected chi connectivity index (χ4v) is 2.81. The highest BCUT2D eigenvalue weighted by atomic mass is 32.2. The van der Waals surface area contributed by atoms with E-state index in [2.05, 4.69) is 6.92 Å². The van der Waals surface area contributed by atoms with Crippen LogP contribution in [0, 0.1) is 0 Å². The van der Waals surface area contributed by atoms with Gasteiger partial charge in [0.05, 0.1) is 0 Å². The van der Waals surface area contributed by atoms with Crippen molar-refractivity contribution in [3.63, 3.8) is 0 Å². The van der Waals surface area contributed by atoms with Gasteiger partial charge in [0.2, 0.25) is 0 Å². The molecule has 2 unspecified atom stereocenters. The van der Waals surface area contributed by atoms with Crippen molar-refractivity contribution in [1.29, 1.82) is 0 Å². The Morgan fingerprint density at radius 1 is 0.882 bits per heavy atom. The van der Waals surface area contributed by atoms with Gasteiger partial charge in [-0.2, -0.15) is 0 Å². The average Bonchev–Trinajstić information content (AvgIpc) is 2.31. The van der Waals surface area contributed by atoms with Gasteiger partial charge in [-0.1, -0.05) is 13.3 Å². The van der Waals surface area contributed by atoms with E-state index in [4.69, 9.17) is 11.5 Å². The number of hydrogen-bond donors (Lipinski definition) is 2. The van der Waals surface area contributed by atoms with Crippen molar-refractivity contribution in [2.75, 3.05) is 36.6 Å². The number of unbranched alkanes of at least 4 members (excludes halogenated alkanes) is 1. The van der Waals surface area contributed by atoms with Crippen LogP contribution in [0.2, 0.25) is 0 Å². The van der Waals surface area contributed by atoms with Crippen LogP contribution in [0.3, 0.4) is 0 Å². The van der Waals surface area contributed by atoms with Crippen LogP contribution in [-0.2, 0) is 21.6 Å². The molecule has 4 nitrogen and oxygen atoms in total. The predicted octanol–water partition coefficient (Wildman–Crippen LogP) is 0.598. The molecule has 0 spiro atoms. The van der Waals surface area contributed by atoms with Crippen LogP contribution in [0.15, 0.2) is 0 Å². The van der Waals surface area contributed by atoms with Crippen molar-refractivity contribution >= 4 is 21.6 Å². The Morgan fingerprint density at radius 3 is 1.71 bits per heavy atom. The lowest BCUT2D eigenvalue weighted by atomic mass is 10.4. The molecule has 0 amide bonds. The second-order valence-electron chi connectivity index (χ2n) is 3.76. The molecule has 0 saturated carbocycles. The molecule has 0 aliphatic carbocycles. The maximum absolute atomic E-state index is 11.0. The highest BCUT2D eigenvalue weighted by Gasteiger charge is 1.96. The summed E-state index contributed by atoms with van der Waals surface area (Å²) in [5, 5.41) is 0. The zero-order valence-electron chi connectivity index (χ0n) is 11.2. The Hall–Kier alpha value is 0.220. The first-order valence-corrected chi connectivity index (χ1v) is 9.35. The zero-order valence-corrected chi connectivity index (χ0v) is 12.8. The summed E-state index contributed by atoms with van der Waals surface area (Å²) < 4.78 is 21.3. The summed E-state index contributed by atoms with van der Waals surface area (Å²) >= 11 is 0. The molecule has 0 aromatic heterocycles. The van der Waals surface area contributed by atoms with E-state index in [1.165, 1.54) is 0 Å². The highest BCUT2D eigenvalue weighted by Crippen LogP contribution is 1.93. The van der Waals surface area contributed by atoms with E-state index in [9.17, 15) is 8.42 Å². The monoisotopic (exact) mass is 284 g/mol. The smallest absolute Gasteiger partial charge is 0.0246 e. The Kier molecular flexibility index (Phi) is 18.7. The molecule has 0 fully saturated rings. The Labute approximate surface area is 111 Å². The summed E-state index contributed by atoms with van der Waals surface area (Å²) in [6.45, 7) is 3.43. The summed E-state index contributed by atoms with van der Waals surface area (Å²) in [7, 11) is -1.25. The van der Waals surface area contributed by atoms with Crippen LogP contribution in [-0.4, -0.2) is 45.0 Å². The van der Waals surface area contributed by atoms with E-state index in [-0.39, 0.29) is 0 Å². The maximum Gasteiger partial charge on any atom is 0.0246 e. The van der Waals surface area contributed by atoms with Crippen LogP contribution in [0.25, 0.3) is 0 Å². The highest BCUT2D eigenvalue weighted by molar-refractivity contribution is 7.85. The van der Waals surface area contributed by atoms with Gasteiger partial charge >= 0.3 is 0 Å². The van der Waals surface area contributed by atoms with Crippen molar-refractivity contribution in [1.82, 2.24) is 0 Å². The van der Waals surface area contributed by atoms with E-state index in [0.29, 0.717) is 13.1 Å². The average molecular weight is 284 g/mol. The molecule has 4 N–H and O–H groups in total. The zero-order chi connectivity index (χ0) is 13.5. The van der Waals surface area contributed by atoms with E-state index in [1.807, 2.05) is 0 Å². The molecule has 0 aromatic carbocycles. The van der Waals surface area contributed by atoms with Crippen LogP contribution in [0.4, 0.5) is 0 Å². The molecular formula is C11H28N2O2S2. The van der Waals surface area contributed by atoms with Crippen molar-refractivity contribution in [3.05, 3.63) is 0 Å². The lowest BCUT2D eigenvalue weighted by Crippen LogP contribution is -2.08. The number of rotatable bonds is 9. The van der Waals surface area contributed by atoms with Crippen molar-refractivity contribution in [3.8, 4) is 0 Å². The molecule has 0 heterocycles. The van der Waals surface area contributed by atoms with Gasteiger partial charge in [-0.15, -0.1) is 0 Å². The summed E-state index contributed by atoms with van der Waals surface area (Å²) in [6.07, 6.45) is 5.68. The summed E-state index contributed by atoms with van der Waals surface area (Å²) in [6, 6.07) is 0. The molecule has 106 valence electrons. The molecule has 0 saturated heterocycles. The van der Waals surface area contributed by atoms with Crippen LogP contribution >= 0.6 is 0 Å². The topological polar surface area (TPSA) is 86.2 Å². The van der Waals surface area contributed by atoms with Gasteiger partial charge in [0.25, 0.3) is 0 Å². The molecule has 0 radical (unpaired) electrons. The van der Waals surface area contributed by atoms with E-state index < -0.39 is 21.6 Å². The quantitative estimate of drug-likeness (QED) is 0.649. The molecule has 0 aromatic rings. The lowest BCUT2D eigenvalue weighted by molar-refractivity contribution is 0.677. The fraction of sp³-hybridized carbons (Fsp3) is 1.00. The van der Waals surface area contributed by atoms with Crippen LogP contribution < -0.4 is 11.5 Å². The van der Waals surface area contributed by atoms with Gasteiger partial charge in [0.15, 0.2) is 0 Å². The minimum absolute atomic E-state index is 0.600. The maximum atomic E-state index is 11.0. The van der Waals surface area contributed by atoms with Gasteiger partial charge in [-0.05, 0) is 32.4 Å². The van der Waals surface area contributed by atoms with Crippen molar-refractivity contribution in [2.24, 2.45) is 11.5 Å². The number of nitrogens with two attached hydrogens (primary N) is 2. The Morgan fingerprint density at radius 2 is 1.35 bits per heavy atom. The standard InChI is InChI=1S/C7H17NOS.C4H11NOS/c1-2-3-6-10(9)7-4-5-8;1-7(6)4-2-3-5/h2-8H2,1H3;2-5H2,1H3. The lowest BCUT2D eigenvalue weighted by Gasteiger charge is -1.97. The first-order valence-electron chi connectivity index (χ1n) is 6.13. The van der Waals surface area contributed by atoms with E-state index in [1.54, 1.807) is 6.26 Å². The third-order valence-corrected chi connectivity index (χ3v) is 4.29. The van der Waals surface area contributed by atoms with Gasteiger partial charge in [-0.3, -0.25) is 8.42 Å². The molecule has 0 aliphatic heterocycles. The predicted molar refractivity (Wildman–Crippen MR) is 79.1 cm³/mol. The molecule has 17 heavy (non-hydrogen) atoms. The van der Waals surface area contributed by atoms with Gasteiger partial charge in [-0.25, -0.2) is 0 Å².